The van der Waals surface area contributed by atoms with Gasteiger partial charge < -0.3 is 45.5 Å². The van der Waals surface area contributed by atoms with Crippen LogP contribution in [-0.2, 0) is 40.8 Å². The number of methoxy groups -OCH3 is 2. The first-order chi connectivity index (χ1) is 23.2. The molecule has 0 amide bonds. The summed E-state index contributed by atoms with van der Waals surface area (Å²) in [7, 11) is -4.44. The number of hydrogen-bond donors (Lipinski definition) is 0. The molecule has 1 atom stereocenters. The van der Waals surface area contributed by atoms with Crippen LogP contribution in [0, 0.1) is 0 Å². The quantitative estimate of drug-likeness (QED) is 0.0342. The highest BCUT2D eigenvalue weighted by molar-refractivity contribution is 6.88. The maximum Gasteiger partial charge on any atom is 0.533 e. The van der Waals surface area contributed by atoms with Crippen molar-refractivity contribution in [2.45, 2.75) is 25.0 Å². The molecule has 0 fully saturated rings. The second kappa shape index (κ2) is 19.2. The molecule has 272 valence electrons. The molecular formula is C29H36F6O11Si3. The van der Waals surface area contributed by atoms with Gasteiger partial charge in [0.1, 0.15) is 21.0 Å². The number of carbonyl (C=O) groups excluding carboxylic acids is 1. The van der Waals surface area contributed by atoms with Crippen molar-refractivity contribution >= 4 is 43.5 Å². The van der Waals surface area contributed by atoms with Gasteiger partial charge in [0.05, 0.1) is 6.61 Å². The average molecular weight is 759 g/mol. The lowest BCUT2D eigenvalue weighted by molar-refractivity contribution is -0.278. The van der Waals surface area contributed by atoms with Crippen LogP contribution in [0.15, 0.2) is 84.9 Å². The maximum atomic E-state index is 13.8. The monoisotopic (exact) mass is 758 g/mol. The molecule has 49 heavy (non-hydrogen) atoms. The van der Waals surface area contributed by atoms with E-state index in [4.69, 9.17) is 36.0 Å². The molecule has 0 radical (unpaired) electrons. The number of halogens is 6. The van der Waals surface area contributed by atoms with E-state index < -0.39 is 68.6 Å². The van der Waals surface area contributed by atoms with Gasteiger partial charge in [0, 0.05) is 51.5 Å². The van der Waals surface area contributed by atoms with Crippen LogP contribution in [0.5, 0.6) is 11.5 Å². The molecule has 11 nitrogen and oxygen atoms in total. The normalized spacial score (nSPS) is 13.1. The summed E-state index contributed by atoms with van der Waals surface area (Å²) in [5.41, 5.74) is -1.60. The molecule has 20 heteroatoms. The Labute approximate surface area is 283 Å². The van der Waals surface area contributed by atoms with E-state index in [0.29, 0.717) is 12.5 Å². The molecule has 0 aromatic heterocycles. The van der Waals surface area contributed by atoms with Crippen molar-refractivity contribution in [1.29, 1.82) is 0 Å². The summed E-state index contributed by atoms with van der Waals surface area (Å²) in [6.45, 7) is 5.09. The van der Waals surface area contributed by atoms with E-state index in [1.807, 2.05) is 0 Å². The third-order valence-electron chi connectivity index (χ3n) is 6.53. The molecule has 0 aliphatic heterocycles. The molecule has 2 aromatic rings. The molecule has 0 saturated carbocycles. The van der Waals surface area contributed by atoms with Gasteiger partial charge in [-0.05, 0) is 37.6 Å². The zero-order valence-electron chi connectivity index (χ0n) is 27.4. The van der Waals surface area contributed by atoms with Gasteiger partial charge in [-0.2, -0.15) is 26.3 Å². The van der Waals surface area contributed by atoms with Gasteiger partial charge in [-0.3, -0.25) is 0 Å². The third kappa shape index (κ3) is 11.4. The van der Waals surface area contributed by atoms with Gasteiger partial charge >= 0.3 is 47.8 Å². The summed E-state index contributed by atoms with van der Waals surface area (Å²) in [5.74, 6) is -1.35. The first-order valence-electron chi connectivity index (χ1n) is 14.1. The van der Waals surface area contributed by atoms with E-state index in [2.05, 4.69) is 16.1 Å². The summed E-state index contributed by atoms with van der Waals surface area (Å²) < 4.78 is 135. The largest absolute Gasteiger partial charge is 0.533 e. The van der Waals surface area contributed by atoms with E-state index in [1.54, 1.807) is 0 Å². The number of esters is 1. The lowest BCUT2D eigenvalue weighted by Gasteiger charge is -2.42. The molecule has 2 aromatic carbocycles. The van der Waals surface area contributed by atoms with E-state index in [-0.39, 0.29) is 28.3 Å². The van der Waals surface area contributed by atoms with Gasteiger partial charge in [0.2, 0.25) is 5.60 Å². The van der Waals surface area contributed by atoms with Crippen LogP contribution in [0.2, 0.25) is 6.04 Å². The molecule has 0 N–H and O–H groups in total. The Kier molecular flexibility index (Phi) is 16.4. The van der Waals surface area contributed by atoms with Crippen molar-refractivity contribution < 1.29 is 76.6 Å². The fraction of sp³-hybridized carbons (Fsp3) is 0.345. The first-order valence-corrected chi connectivity index (χ1v) is 19.3. The summed E-state index contributed by atoms with van der Waals surface area (Å²) in [4.78, 5) is 11.8. The van der Waals surface area contributed by atoms with Gasteiger partial charge in [-0.25, -0.2) is 4.79 Å². The Hall–Kier alpha value is -3.32. The molecule has 0 bridgehead atoms. The molecular weight excluding hydrogens is 723 g/mol. The highest BCUT2D eigenvalue weighted by atomic mass is 28.5. The number of rotatable bonds is 21. The molecule has 1 unspecified atom stereocenters. The number of benzene rings is 2. The van der Waals surface area contributed by atoms with Gasteiger partial charge in [0.25, 0.3) is 0 Å². The first kappa shape index (κ1) is 41.9. The van der Waals surface area contributed by atoms with E-state index >= 15 is 0 Å². The van der Waals surface area contributed by atoms with Gasteiger partial charge in [-0.15, -0.1) is 0 Å². The Morgan fingerprint density at radius 3 is 1.65 bits per heavy atom. The van der Waals surface area contributed by atoms with Gasteiger partial charge in [0.15, 0.2) is 0 Å². The number of hydrogen-bond acceptors (Lipinski definition) is 11. The fourth-order valence-electron chi connectivity index (χ4n) is 4.12. The Bertz CT molecular complexity index is 1480. The Morgan fingerprint density at radius 2 is 1.24 bits per heavy atom. The number of carbonyl (C=O) groups is 1. The maximum absolute atomic E-state index is 13.8. The lowest BCUT2D eigenvalue weighted by atomic mass is 10.3. The summed E-state index contributed by atoms with van der Waals surface area (Å²) in [6, 6.07) is 6.16. The van der Waals surface area contributed by atoms with Gasteiger partial charge in [-0.1, -0.05) is 36.9 Å². The van der Waals surface area contributed by atoms with Crippen LogP contribution in [0.4, 0.5) is 26.3 Å². The highest BCUT2D eigenvalue weighted by Gasteiger charge is 2.59. The van der Waals surface area contributed by atoms with E-state index in [0.717, 1.165) is 12.1 Å². The van der Waals surface area contributed by atoms with Crippen molar-refractivity contribution in [2.24, 2.45) is 0 Å². The topological polar surface area (TPSA) is 109 Å². The number of ether oxygens (including phenoxy) is 5. The van der Waals surface area contributed by atoms with Crippen molar-refractivity contribution in [3.05, 3.63) is 84.9 Å². The van der Waals surface area contributed by atoms with Crippen LogP contribution in [0.3, 0.4) is 0 Å². The summed E-state index contributed by atoms with van der Waals surface area (Å²) in [5, 5.41) is 0.0479. The summed E-state index contributed by atoms with van der Waals surface area (Å²) in [6.07, 6.45) is -5.03. The minimum atomic E-state index is -4.61. The zero-order chi connectivity index (χ0) is 36.8. The van der Waals surface area contributed by atoms with Crippen molar-refractivity contribution in [3.8, 4) is 11.5 Å². The lowest BCUT2D eigenvalue weighted by Crippen LogP contribution is -2.71. The predicted molar refractivity (Wildman–Crippen MR) is 169 cm³/mol. The minimum absolute atomic E-state index is 0.00529. The SMILES string of the molecule is C=C(C)C(=O)OCCC[SiH2]C(OC)(OC)O[Si](OC)(O[Si](OC)(OC)c1cccc(OC(F)=C(F)F)c1)c1cccc(OC(F)=C(F)F)c1. The van der Waals surface area contributed by atoms with E-state index in [9.17, 15) is 31.1 Å². The molecule has 2 rings (SSSR count). The predicted octanol–water partition coefficient (Wildman–Crippen LogP) is 4.48. The van der Waals surface area contributed by atoms with Crippen LogP contribution in [0.25, 0.3) is 0 Å². The van der Waals surface area contributed by atoms with Crippen LogP contribution in [-0.4, -0.2) is 80.9 Å². The molecule has 0 aliphatic carbocycles. The standard InChI is InChI=1S/C29H36F6O11Si3/c1-19(2)28(36)42-15-10-16-47-29(37-3,38-4)45-49(41-7,23-14-9-12-21(18-23)44-27(35)25(32)33)46-48(39-5,40-6)22-13-8-11-20(17-22)43-26(34)24(30)31/h8-9,11-14,17-18H,1,10,15-16,47H2,2-7H3. The Balaban J connectivity index is 2.69. The van der Waals surface area contributed by atoms with Crippen molar-refractivity contribution in [2.75, 3.05) is 42.2 Å². The van der Waals surface area contributed by atoms with Crippen LogP contribution in [0.1, 0.15) is 13.3 Å². The van der Waals surface area contributed by atoms with Crippen molar-refractivity contribution in [1.82, 2.24) is 0 Å². The third-order valence-corrected chi connectivity index (χ3v) is 15.4. The molecule has 0 saturated heterocycles. The smallest absolute Gasteiger partial charge is 0.462 e. The average Bonchev–Trinajstić information content (AvgIpc) is 3.09. The minimum Gasteiger partial charge on any atom is -0.462 e. The van der Waals surface area contributed by atoms with E-state index in [1.165, 1.54) is 78.9 Å². The van der Waals surface area contributed by atoms with Crippen LogP contribution < -0.4 is 19.8 Å². The van der Waals surface area contributed by atoms with Crippen molar-refractivity contribution in [3.63, 3.8) is 0 Å². The highest BCUT2D eigenvalue weighted by Crippen LogP contribution is 2.29. The zero-order valence-corrected chi connectivity index (χ0v) is 30.8. The molecule has 0 heterocycles. The van der Waals surface area contributed by atoms with Crippen LogP contribution >= 0.6 is 0 Å². The summed E-state index contributed by atoms with van der Waals surface area (Å²) >= 11 is 0. The second-order valence-corrected chi connectivity index (χ2v) is 17.4. The fourth-order valence-corrected chi connectivity index (χ4v) is 12.8. The second-order valence-electron chi connectivity index (χ2n) is 9.72. The Morgan fingerprint density at radius 1 is 0.776 bits per heavy atom. The molecule has 0 spiro atoms. The molecule has 0 aliphatic rings.